The molecule has 3 fully saturated rings. The fraction of sp³-hybridized carbons (Fsp3) is 0.833. The van der Waals surface area contributed by atoms with Crippen LogP contribution < -0.4 is 0 Å². The first kappa shape index (κ1) is 42.0. The van der Waals surface area contributed by atoms with Gasteiger partial charge < -0.3 is 9.53 Å². The van der Waals surface area contributed by atoms with Crippen LogP contribution in [0.4, 0.5) is 22.0 Å². The largest absolute Gasteiger partial charge is 0.508 e. The lowest BCUT2D eigenvalue weighted by molar-refractivity contribution is -0.284. The van der Waals surface area contributed by atoms with Crippen molar-refractivity contribution < 1.29 is 36.3 Å². The zero-order chi connectivity index (χ0) is 38.3. The van der Waals surface area contributed by atoms with E-state index in [1.807, 2.05) is 6.07 Å². The third-order valence-corrected chi connectivity index (χ3v) is 20.9. The van der Waals surface area contributed by atoms with Crippen molar-refractivity contribution in [2.75, 3.05) is 11.5 Å². The van der Waals surface area contributed by atoms with E-state index in [0.29, 0.717) is 29.4 Å². The summed E-state index contributed by atoms with van der Waals surface area (Å²) in [6.45, 7) is 16.8. The molecule has 1 aromatic carbocycles. The van der Waals surface area contributed by atoms with E-state index >= 15 is 0 Å². The third-order valence-electron chi connectivity index (χ3n) is 15.2. The van der Waals surface area contributed by atoms with Gasteiger partial charge in [0.05, 0.1) is 6.10 Å². The predicted molar refractivity (Wildman–Crippen MR) is 205 cm³/mol. The Morgan fingerprint density at radius 2 is 1.56 bits per heavy atom. The van der Waals surface area contributed by atoms with Gasteiger partial charge in [-0.3, -0.25) is 4.79 Å². The highest BCUT2D eigenvalue weighted by atomic mass is 32.2. The highest BCUT2D eigenvalue weighted by Gasteiger charge is 2.73. The number of aromatic hydroxyl groups is 1. The molecule has 0 bridgehead atoms. The molecule has 10 heteroatoms. The first-order valence-electron chi connectivity index (χ1n) is 20.3. The number of alkyl halides is 5. The van der Waals surface area contributed by atoms with Crippen LogP contribution in [0.25, 0.3) is 0 Å². The van der Waals surface area contributed by atoms with Crippen molar-refractivity contribution in [2.45, 2.75) is 173 Å². The van der Waals surface area contributed by atoms with E-state index < -0.39 is 26.8 Å². The molecule has 4 aliphatic carbocycles. The Hall–Kier alpha value is -1.13. The summed E-state index contributed by atoms with van der Waals surface area (Å²) < 4.78 is 70.5. The maximum atomic E-state index is 14.4. The normalized spacial score (nSPS) is 28.6. The molecule has 1 spiro atoms. The number of phenolic OH excluding ortho intramolecular Hbond substituents is 1. The molecule has 0 aromatic heterocycles. The summed E-state index contributed by atoms with van der Waals surface area (Å²) in [7, 11) is -2.06. The van der Waals surface area contributed by atoms with E-state index in [-0.39, 0.29) is 45.8 Å². The van der Waals surface area contributed by atoms with Gasteiger partial charge in [-0.15, -0.1) is 0 Å². The molecule has 4 aliphatic rings. The molecular formula is C42H65F5O3SSi. The number of phenols is 1. The van der Waals surface area contributed by atoms with Gasteiger partial charge in [0.2, 0.25) is 0 Å². The molecule has 296 valence electrons. The van der Waals surface area contributed by atoms with Crippen molar-refractivity contribution in [3.8, 4) is 5.75 Å². The smallest absolute Gasteiger partial charge is 0.453 e. The van der Waals surface area contributed by atoms with Gasteiger partial charge in [-0.05, 0) is 128 Å². The lowest BCUT2D eigenvalue weighted by atomic mass is 9.50. The van der Waals surface area contributed by atoms with Gasteiger partial charge >= 0.3 is 12.1 Å². The lowest BCUT2D eigenvalue weighted by Gasteiger charge is -2.53. The van der Waals surface area contributed by atoms with Gasteiger partial charge in [-0.2, -0.15) is 33.7 Å². The van der Waals surface area contributed by atoms with Crippen LogP contribution in [0.1, 0.15) is 153 Å². The highest BCUT2D eigenvalue weighted by Crippen LogP contribution is 2.77. The number of thioether (sulfide) groups is 1. The molecule has 1 aromatic rings. The van der Waals surface area contributed by atoms with Crippen LogP contribution in [0.5, 0.6) is 5.75 Å². The van der Waals surface area contributed by atoms with Gasteiger partial charge in [0.1, 0.15) is 5.75 Å². The van der Waals surface area contributed by atoms with E-state index in [4.69, 9.17) is 4.43 Å². The molecular weight excluding hydrogens is 708 g/mol. The number of hydrogen-bond acceptors (Lipinski definition) is 4. The molecule has 0 heterocycles. The van der Waals surface area contributed by atoms with Crippen LogP contribution in [-0.4, -0.2) is 48.9 Å². The highest BCUT2D eigenvalue weighted by molar-refractivity contribution is 7.99. The second-order valence-corrected chi connectivity index (χ2v) is 24.3. The molecule has 5 rings (SSSR count). The molecule has 6 atom stereocenters. The van der Waals surface area contributed by atoms with Crippen LogP contribution in [0.3, 0.4) is 0 Å². The van der Waals surface area contributed by atoms with Crippen LogP contribution in [0, 0.1) is 34.5 Å². The quantitative estimate of drug-likeness (QED) is 0.0917. The number of hydrogen-bond donors (Lipinski definition) is 1. The van der Waals surface area contributed by atoms with Crippen molar-refractivity contribution in [2.24, 2.45) is 34.5 Å². The van der Waals surface area contributed by atoms with Crippen molar-refractivity contribution >= 4 is 25.9 Å². The van der Waals surface area contributed by atoms with Gasteiger partial charge in [-0.25, -0.2) is 0 Å². The van der Waals surface area contributed by atoms with Crippen LogP contribution in [0.15, 0.2) is 18.2 Å². The third kappa shape index (κ3) is 8.06. The number of ketones is 1. The van der Waals surface area contributed by atoms with E-state index in [2.05, 4.69) is 47.7 Å². The second-order valence-electron chi connectivity index (χ2n) is 18.6. The Kier molecular flexibility index (Phi) is 12.8. The Bertz CT molecular complexity index is 1390. The Morgan fingerprint density at radius 3 is 2.17 bits per heavy atom. The molecule has 0 saturated heterocycles. The number of fused-ring (bicyclic) bond motifs is 6. The summed E-state index contributed by atoms with van der Waals surface area (Å²) in [4.78, 5) is 14.4. The molecule has 3 nitrogen and oxygen atoms in total. The average molecular weight is 773 g/mol. The van der Waals surface area contributed by atoms with E-state index in [0.717, 1.165) is 81.1 Å². The van der Waals surface area contributed by atoms with Gasteiger partial charge in [0, 0.05) is 23.3 Å². The molecule has 52 heavy (non-hydrogen) atoms. The number of halogens is 5. The zero-order valence-corrected chi connectivity index (χ0v) is 34.6. The Balaban J connectivity index is 1.16. The summed E-state index contributed by atoms with van der Waals surface area (Å²) in [6, 6.07) is 5.51. The summed E-state index contributed by atoms with van der Waals surface area (Å²) >= 11 is 1.46. The number of benzene rings is 1. The average Bonchev–Trinajstić information content (AvgIpc) is 3.83. The van der Waals surface area contributed by atoms with Crippen LogP contribution >= 0.6 is 11.8 Å². The molecule has 0 aliphatic heterocycles. The topological polar surface area (TPSA) is 46.5 Å². The van der Waals surface area contributed by atoms with Crippen LogP contribution in [-0.2, 0) is 4.43 Å². The first-order chi connectivity index (χ1) is 24.2. The summed E-state index contributed by atoms with van der Waals surface area (Å²) in [5.41, 5.74) is 2.28. The molecule has 0 radical (unpaired) electrons. The summed E-state index contributed by atoms with van der Waals surface area (Å²) in [5, 5.41) is 10.6. The maximum Gasteiger partial charge on any atom is 0.453 e. The summed E-state index contributed by atoms with van der Waals surface area (Å²) in [5.74, 6) is -1.52. The fourth-order valence-electron chi connectivity index (χ4n) is 10.6. The Morgan fingerprint density at radius 1 is 0.942 bits per heavy atom. The van der Waals surface area contributed by atoms with Gasteiger partial charge in [0.15, 0.2) is 14.1 Å². The Labute approximate surface area is 315 Å². The minimum absolute atomic E-state index is 0.0380. The maximum absolute atomic E-state index is 14.4. The molecule has 3 unspecified atom stereocenters. The zero-order valence-electron chi connectivity index (χ0n) is 32.8. The van der Waals surface area contributed by atoms with E-state index in [1.165, 1.54) is 31.0 Å². The minimum atomic E-state index is -5.46. The van der Waals surface area contributed by atoms with Crippen molar-refractivity contribution in [1.82, 2.24) is 0 Å². The molecule has 3 saturated carbocycles. The first-order valence-corrected chi connectivity index (χ1v) is 24.3. The summed E-state index contributed by atoms with van der Waals surface area (Å²) in [6.07, 6.45) is 7.47. The number of rotatable bonds is 18. The SMILES string of the molecule is CC(C)C(C)(C)[Si](C)(C)O[C@@H]1CC2C3C(CC[C@]2(C)C12CC2)c1ccc(O)cc1C(=O)[C@H]3CCCCCCCCCSCCCC(F)(F)C(F)(F)F. The number of carbonyl (C=O) groups excluding carboxylic acids is 1. The van der Waals surface area contributed by atoms with Gasteiger partial charge in [-0.1, -0.05) is 79.2 Å². The lowest BCUT2D eigenvalue weighted by Crippen LogP contribution is -2.50. The fourth-order valence-corrected chi connectivity index (χ4v) is 14.3. The monoisotopic (exact) mass is 772 g/mol. The predicted octanol–water partition coefficient (Wildman–Crippen LogP) is 13.4. The van der Waals surface area contributed by atoms with Crippen molar-refractivity contribution in [3.63, 3.8) is 0 Å². The van der Waals surface area contributed by atoms with Crippen molar-refractivity contribution in [3.05, 3.63) is 29.3 Å². The number of Topliss-reactive ketones (excluding diaryl/α,β-unsaturated/α-hetero) is 1. The minimum Gasteiger partial charge on any atom is -0.508 e. The van der Waals surface area contributed by atoms with Gasteiger partial charge in [0.25, 0.3) is 0 Å². The number of carbonyl (C=O) groups is 1. The van der Waals surface area contributed by atoms with Crippen molar-refractivity contribution in [1.29, 1.82) is 0 Å². The molecule has 0 amide bonds. The second kappa shape index (κ2) is 15.8. The van der Waals surface area contributed by atoms with E-state index in [9.17, 15) is 31.9 Å². The standard InChI is InChI=1S/C42H65F5O3SSi/c1-28(2)38(3,4)52(6,7)50-35-27-34-36-31(19-21-39(34,5)40(35)22-23-40)30-18-17-29(48)26-33(30)37(49)32(36)16-13-11-9-8-10-12-14-24-51-25-15-20-41(43,44)42(45,46)47/h17-18,26,28,31-32,34-36,48H,8-16,19-25,27H2,1-7H3/t31?,32-,34?,35+,36?,39-/m0/s1. The molecule has 1 N–H and O–H groups in total. The van der Waals surface area contributed by atoms with E-state index in [1.54, 1.807) is 12.1 Å². The van der Waals surface area contributed by atoms with Crippen LogP contribution in [0.2, 0.25) is 18.1 Å². The number of unbranched alkanes of at least 4 members (excludes halogenated alkanes) is 6.